The van der Waals surface area contributed by atoms with Gasteiger partial charge in [-0.05, 0) is 69.3 Å². The standard InChI is InChI=1S/C22H26BClN2O4/c1-20(2)21(3,4)30-23(29-20)16-9-17(26-18(24)10-16)22(13-25-19(27)28)11-14-7-5-6-8-15(14)12-22/h5-10,25H,11-13H2,1-4H3,(H,27,28). The number of carbonyl (C=O) groups is 1. The van der Waals surface area contributed by atoms with Crippen LogP contribution < -0.4 is 10.8 Å². The van der Waals surface area contributed by atoms with Crippen LogP contribution >= 0.6 is 11.6 Å². The minimum atomic E-state index is -1.06. The molecule has 2 aromatic rings. The predicted molar refractivity (Wildman–Crippen MR) is 117 cm³/mol. The van der Waals surface area contributed by atoms with Crippen LogP contribution in [-0.2, 0) is 27.6 Å². The summed E-state index contributed by atoms with van der Waals surface area (Å²) in [7, 11) is -0.567. The van der Waals surface area contributed by atoms with Gasteiger partial charge in [0.2, 0.25) is 0 Å². The third-order valence-corrected chi connectivity index (χ3v) is 6.83. The van der Waals surface area contributed by atoms with Crippen molar-refractivity contribution in [1.82, 2.24) is 10.3 Å². The van der Waals surface area contributed by atoms with Gasteiger partial charge in [-0.15, -0.1) is 0 Å². The molecule has 1 saturated heterocycles. The topological polar surface area (TPSA) is 80.7 Å². The molecule has 6 nitrogen and oxygen atoms in total. The van der Waals surface area contributed by atoms with Crippen LogP contribution in [-0.4, -0.2) is 41.0 Å². The average Bonchev–Trinajstić information content (AvgIpc) is 3.14. The van der Waals surface area contributed by atoms with Crippen molar-refractivity contribution in [3.8, 4) is 0 Å². The van der Waals surface area contributed by atoms with E-state index in [1.807, 2.05) is 45.9 Å². The maximum absolute atomic E-state index is 11.3. The van der Waals surface area contributed by atoms with Gasteiger partial charge in [0.05, 0.1) is 16.9 Å². The first kappa shape index (κ1) is 21.2. The van der Waals surface area contributed by atoms with Crippen molar-refractivity contribution in [3.05, 3.63) is 58.4 Å². The number of fused-ring (bicyclic) bond motifs is 1. The quantitative estimate of drug-likeness (QED) is 0.577. The van der Waals surface area contributed by atoms with Crippen molar-refractivity contribution in [2.24, 2.45) is 0 Å². The smallest absolute Gasteiger partial charge is 0.465 e. The van der Waals surface area contributed by atoms with E-state index < -0.39 is 29.8 Å². The zero-order valence-corrected chi connectivity index (χ0v) is 18.4. The fourth-order valence-corrected chi connectivity index (χ4v) is 4.46. The van der Waals surface area contributed by atoms with Crippen LogP contribution in [0.1, 0.15) is 44.5 Å². The lowest BCUT2D eigenvalue weighted by Gasteiger charge is -2.32. The molecule has 30 heavy (non-hydrogen) atoms. The molecule has 0 unspecified atom stereocenters. The van der Waals surface area contributed by atoms with Crippen LogP contribution in [0.2, 0.25) is 5.15 Å². The minimum Gasteiger partial charge on any atom is -0.465 e. The van der Waals surface area contributed by atoms with Crippen molar-refractivity contribution < 1.29 is 19.2 Å². The summed E-state index contributed by atoms with van der Waals surface area (Å²) in [5.41, 5.74) is 2.46. The molecule has 0 bridgehead atoms. The fraction of sp³-hybridized carbons (Fsp3) is 0.455. The lowest BCUT2D eigenvalue weighted by Crippen LogP contribution is -2.43. The molecule has 158 valence electrons. The third kappa shape index (κ3) is 3.70. The van der Waals surface area contributed by atoms with Gasteiger partial charge in [0.1, 0.15) is 5.15 Å². The van der Waals surface area contributed by atoms with Gasteiger partial charge in [0.15, 0.2) is 0 Å². The molecule has 1 aliphatic carbocycles. The molecular weight excluding hydrogens is 403 g/mol. The SMILES string of the molecule is CC1(C)OB(c2cc(Cl)nc(C3(CNC(=O)O)Cc4ccccc4C3)c2)OC1(C)C. The highest BCUT2D eigenvalue weighted by Gasteiger charge is 2.52. The molecule has 1 aromatic carbocycles. The first-order valence-corrected chi connectivity index (χ1v) is 10.5. The average molecular weight is 429 g/mol. The second-order valence-electron chi connectivity index (χ2n) is 9.26. The first-order valence-electron chi connectivity index (χ1n) is 10.1. The molecule has 4 rings (SSSR count). The number of pyridine rings is 1. The van der Waals surface area contributed by atoms with Crippen molar-refractivity contribution in [2.45, 2.75) is 57.2 Å². The molecule has 2 heterocycles. The molecular formula is C22H26BClN2O4. The summed E-state index contributed by atoms with van der Waals surface area (Å²) in [5.74, 6) is 0. The van der Waals surface area contributed by atoms with Gasteiger partial charge in [0.25, 0.3) is 0 Å². The van der Waals surface area contributed by atoms with Crippen molar-refractivity contribution in [1.29, 1.82) is 0 Å². The normalized spacial score (nSPS) is 20.8. The number of nitrogens with zero attached hydrogens (tertiary/aromatic N) is 1. The maximum atomic E-state index is 11.3. The van der Waals surface area contributed by atoms with E-state index in [1.165, 1.54) is 11.1 Å². The van der Waals surface area contributed by atoms with Gasteiger partial charge in [-0.1, -0.05) is 35.9 Å². The Kier molecular flexibility index (Phi) is 5.12. The Morgan fingerprint density at radius 2 is 1.70 bits per heavy atom. The summed E-state index contributed by atoms with van der Waals surface area (Å²) in [6.45, 7) is 8.25. The minimum absolute atomic E-state index is 0.243. The van der Waals surface area contributed by atoms with E-state index in [-0.39, 0.29) is 6.54 Å². The molecule has 0 atom stereocenters. The van der Waals surface area contributed by atoms with Crippen molar-refractivity contribution in [3.63, 3.8) is 0 Å². The Morgan fingerprint density at radius 1 is 1.13 bits per heavy atom. The van der Waals surface area contributed by atoms with Crippen LogP contribution in [0.25, 0.3) is 0 Å². The number of carboxylic acid groups (broad SMARTS) is 1. The molecule has 1 aliphatic heterocycles. The zero-order valence-electron chi connectivity index (χ0n) is 17.7. The monoisotopic (exact) mass is 428 g/mol. The van der Waals surface area contributed by atoms with Gasteiger partial charge in [-0.3, -0.25) is 0 Å². The van der Waals surface area contributed by atoms with E-state index in [0.717, 1.165) is 11.2 Å². The highest BCUT2D eigenvalue weighted by molar-refractivity contribution is 6.62. The Hall–Kier alpha value is -2.09. The van der Waals surface area contributed by atoms with Gasteiger partial charge >= 0.3 is 13.2 Å². The molecule has 1 aromatic heterocycles. The highest BCUT2D eigenvalue weighted by atomic mass is 35.5. The number of aromatic nitrogens is 1. The zero-order chi connectivity index (χ0) is 21.7. The van der Waals surface area contributed by atoms with Gasteiger partial charge in [-0.25, -0.2) is 9.78 Å². The van der Waals surface area contributed by atoms with Crippen molar-refractivity contribution in [2.75, 3.05) is 6.54 Å². The third-order valence-electron chi connectivity index (χ3n) is 6.64. The Balaban J connectivity index is 1.73. The van der Waals surface area contributed by atoms with Crippen molar-refractivity contribution >= 4 is 30.3 Å². The summed E-state index contributed by atoms with van der Waals surface area (Å²) in [4.78, 5) is 15.9. The van der Waals surface area contributed by atoms with Crippen LogP contribution in [0.15, 0.2) is 36.4 Å². The van der Waals surface area contributed by atoms with Crippen LogP contribution in [0.4, 0.5) is 4.79 Å². The van der Waals surface area contributed by atoms with Crippen LogP contribution in [0.3, 0.4) is 0 Å². The van der Waals surface area contributed by atoms with Gasteiger partial charge in [-0.2, -0.15) is 0 Å². The van der Waals surface area contributed by atoms with Crippen LogP contribution in [0, 0.1) is 0 Å². The molecule has 0 radical (unpaired) electrons. The number of rotatable bonds is 4. The molecule has 8 heteroatoms. The molecule has 2 aliphatic rings. The summed E-state index contributed by atoms with van der Waals surface area (Å²) in [5, 5.41) is 12.2. The second-order valence-corrected chi connectivity index (χ2v) is 9.65. The number of hydrogen-bond donors (Lipinski definition) is 2. The second kappa shape index (κ2) is 7.25. The number of nitrogens with one attached hydrogen (secondary N) is 1. The Morgan fingerprint density at radius 3 is 2.23 bits per heavy atom. The predicted octanol–water partition coefficient (Wildman–Crippen LogP) is 3.34. The van der Waals surface area contributed by atoms with E-state index in [2.05, 4.69) is 22.4 Å². The van der Waals surface area contributed by atoms with E-state index in [9.17, 15) is 9.90 Å². The number of benzene rings is 1. The molecule has 0 spiro atoms. The molecule has 1 amide bonds. The largest absolute Gasteiger partial charge is 0.495 e. The molecule has 2 N–H and O–H groups in total. The Labute approximate surface area is 182 Å². The number of amides is 1. The molecule has 0 saturated carbocycles. The Bertz CT molecular complexity index is 954. The fourth-order valence-electron chi connectivity index (χ4n) is 4.24. The lowest BCUT2D eigenvalue weighted by molar-refractivity contribution is 0.00578. The summed E-state index contributed by atoms with van der Waals surface area (Å²) < 4.78 is 12.4. The summed E-state index contributed by atoms with van der Waals surface area (Å²) >= 11 is 6.43. The van der Waals surface area contributed by atoms with E-state index in [4.69, 9.17) is 20.9 Å². The summed E-state index contributed by atoms with van der Waals surface area (Å²) in [6.07, 6.45) is 0.303. The maximum Gasteiger partial charge on any atom is 0.495 e. The first-order chi connectivity index (χ1) is 14.0. The van der Waals surface area contributed by atoms with Gasteiger partial charge in [0, 0.05) is 12.0 Å². The summed E-state index contributed by atoms with van der Waals surface area (Å²) in [6, 6.07) is 11.9. The number of halogens is 1. The lowest BCUT2D eigenvalue weighted by atomic mass is 9.75. The van der Waals surface area contributed by atoms with Crippen LogP contribution in [0.5, 0.6) is 0 Å². The molecule has 1 fully saturated rings. The van der Waals surface area contributed by atoms with E-state index in [1.54, 1.807) is 6.07 Å². The van der Waals surface area contributed by atoms with Gasteiger partial charge < -0.3 is 19.7 Å². The highest BCUT2D eigenvalue weighted by Crippen LogP contribution is 2.40. The van der Waals surface area contributed by atoms with E-state index >= 15 is 0 Å². The van der Waals surface area contributed by atoms with E-state index in [0.29, 0.717) is 18.0 Å². The number of hydrogen-bond acceptors (Lipinski definition) is 4.